The van der Waals surface area contributed by atoms with E-state index in [0.29, 0.717) is 10.7 Å². The van der Waals surface area contributed by atoms with Crippen molar-refractivity contribution in [2.45, 2.75) is 25.4 Å². The molecule has 3 aromatic rings. The lowest BCUT2D eigenvalue weighted by Crippen LogP contribution is -2.44. The minimum Gasteiger partial charge on any atom is -0.496 e. The van der Waals surface area contributed by atoms with E-state index < -0.39 is 0 Å². The zero-order valence-corrected chi connectivity index (χ0v) is 16.6. The number of aromatic nitrogens is 1. The molecule has 5 nitrogen and oxygen atoms in total. The van der Waals surface area contributed by atoms with Gasteiger partial charge in [0.05, 0.1) is 12.1 Å². The number of nitrogens with zero attached hydrogens (tertiary/aromatic N) is 1. The largest absolute Gasteiger partial charge is 0.496 e. The Labute approximate surface area is 169 Å². The summed E-state index contributed by atoms with van der Waals surface area (Å²) in [6, 6.07) is 16.0. The van der Waals surface area contributed by atoms with Crippen LogP contribution < -0.4 is 10.1 Å². The van der Waals surface area contributed by atoms with Crippen molar-refractivity contribution < 1.29 is 9.53 Å². The Kier molecular flexibility index (Phi) is 5.55. The molecule has 0 bridgehead atoms. The number of methoxy groups -OCH3 is 1. The minimum absolute atomic E-state index is 0.135. The number of hydrogen-bond acceptors (Lipinski definition) is 3. The molecule has 1 fully saturated rings. The number of likely N-dealkylation sites (tertiary alicyclic amines) is 1. The number of hydrogen-bond donors (Lipinski definition) is 2. The van der Waals surface area contributed by atoms with Crippen molar-refractivity contribution in [1.82, 2.24) is 15.2 Å². The summed E-state index contributed by atoms with van der Waals surface area (Å²) in [4.78, 5) is 18.2. The van der Waals surface area contributed by atoms with Crippen LogP contribution in [-0.4, -0.2) is 42.0 Å². The third-order valence-electron chi connectivity index (χ3n) is 5.38. The number of H-pyrrole nitrogens is 1. The first-order valence-electron chi connectivity index (χ1n) is 9.57. The Morgan fingerprint density at radius 1 is 1.18 bits per heavy atom. The molecule has 0 atom stereocenters. The number of para-hydroxylation sites is 2. The van der Waals surface area contributed by atoms with Crippen LogP contribution in [0, 0.1) is 0 Å². The summed E-state index contributed by atoms with van der Waals surface area (Å²) in [5, 5.41) is 4.50. The smallest absolute Gasteiger partial charge is 0.269 e. The van der Waals surface area contributed by atoms with Gasteiger partial charge in [0, 0.05) is 42.1 Å². The lowest BCUT2D eigenvalue weighted by atomic mass is 10.0. The van der Waals surface area contributed by atoms with Crippen LogP contribution in [0.25, 0.3) is 10.9 Å². The molecule has 1 aliphatic heterocycles. The number of amides is 1. The van der Waals surface area contributed by atoms with E-state index >= 15 is 0 Å². The zero-order valence-electron chi connectivity index (χ0n) is 15.9. The Morgan fingerprint density at radius 3 is 2.64 bits per heavy atom. The molecule has 0 spiro atoms. The normalized spacial score (nSPS) is 15.6. The second-order valence-corrected chi connectivity index (χ2v) is 7.57. The molecule has 4 rings (SSSR count). The number of fused-ring (bicyclic) bond motifs is 1. The molecule has 0 unspecified atom stereocenters. The Hall–Kier alpha value is -2.50. The van der Waals surface area contributed by atoms with E-state index in [1.54, 1.807) is 7.11 Å². The summed E-state index contributed by atoms with van der Waals surface area (Å²) in [6.07, 6.45) is 1.83. The van der Waals surface area contributed by atoms with Gasteiger partial charge in [-0.3, -0.25) is 9.69 Å². The molecule has 2 heterocycles. The highest BCUT2D eigenvalue weighted by atomic mass is 35.5. The maximum absolute atomic E-state index is 12.7. The summed E-state index contributed by atoms with van der Waals surface area (Å²) in [6.45, 7) is 2.73. The van der Waals surface area contributed by atoms with Gasteiger partial charge in [0.2, 0.25) is 0 Å². The van der Waals surface area contributed by atoms with E-state index in [1.807, 2.05) is 42.5 Å². The number of nitrogens with one attached hydrogen (secondary N) is 2. The molecular formula is C22H24ClN3O2. The number of piperidine rings is 1. The van der Waals surface area contributed by atoms with Crippen molar-refractivity contribution in [3.05, 3.63) is 64.8 Å². The molecule has 1 saturated heterocycles. The molecule has 0 aliphatic carbocycles. The summed E-state index contributed by atoms with van der Waals surface area (Å²) in [7, 11) is 1.70. The minimum atomic E-state index is -0.135. The van der Waals surface area contributed by atoms with E-state index in [9.17, 15) is 4.79 Å². The second-order valence-electron chi connectivity index (χ2n) is 7.20. The van der Waals surface area contributed by atoms with Crippen LogP contribution in [0.15, 0.2) is 48.5 Å². The first-order chi connectivity index (χ1) is 13.7. The number of ether oxygens (including phenoxy) is 1. The Morgan fingerprint density at radius 2 is 1.89 bits per heavy atom. The molecule has 28 heavy (non-hydrogen) atoms. The van der Waals surface area contributed by atoms with Crippen LogP contribution in [-0.2, 0) is 6.54 Å². The highest BCUT2D eigenvalue weighted by molar-refractivity contribution is 6.38. The van der Waals surface area contributed by atoms with Crippen molar-refractivity contribution in [2.75, 3.05) is 20.2 Å². The number of halogens is 1. The number of aromatic amines is 1. The van der Waals surface area contributed by atoms with Crippen molar-refractivity contribution in [3.63, 3.8) is 0 Å². The lowest BCUT2D eigenvalue weighted by molar-refractivity contribution is 0.0904. The first kappa shape index (κ1) is 18.8. The Balaban J connectivity index is 1.35. The lowest BCUT2D eigenvalue weighted by Gasteiger charge is -2.32. The molecule has 0 saturated carbocycles. The van der Waals surface area contributed by atoms with E-state index in [2.05, 4.69) is 21.3 Å². The second kappa shape index (κ2) is 8.25. The average Bonchev–Trinajstić information content (AvgIpc) is 3.07. The molecule has 0 radical (unpaired) electrons. The van der Waals surface area contributed by atoms with Crippen LogP contribution in [0.5, 0.6) is 5.75 Å². The van der Waals surface area contributed by atoms with Gasteiger partial charge in [0.1, 0.15) is 11.4 Å². The summed E-state index contributed by atoms with van der Waals surface area (Å²) < 4.78 is 5.45. The molecule has 6 heteroatoms. The van der Waals surface area contributed by atoms with Crippen molar-refractivity contribution in [2.24, 2.45) is 0 Å². The highest BCUT2D eigenvalue weighted by Crippen LogP contribution is 2.27. The monoisotopic (exact) mass is 397 g/mol. The fourth-order valence-electron chi connectivity index (χ4n) is 3.83. The van der Waals surface area contributed by atoms with Crippen LogP contribution in [0.4, 0.5) is 0 Å². The van der Waals surface area contributed by atoms with Crippen molar-refractivity contribution in [3.8, 4) is 5.75 Å². The third kappa shape index (κ3) is 3.86. The van der Waals surface area contributed by atoms with Crippen LogP contribution >= 0.6 is 11.6 Å². The van der Waals surface area contributed by atoms with Gasteiger partial charge in [-0.05, 0) is 25.0 Å². The van der Waals surface area contributed by atoms with Crippen molar-refractivity contribution in [1.29, 1.82) is 0 Å². The standard InChI is InChI=1S/C22H24ClN3O2/c1-28-19-9-5-2-6-15(19)14-26-12-10-16(11-13-26)24-22(27)21-20(23)17-7-3-4-8-18(17)25-21/h2-9,16,25H,10-14H2,1H3,(H,24,27). The van der Waals surface area contributed by atoms with E-state index in [1.165, 1.54) is 5.56 Å². The van der Waals surface area contributed by atoms with E-state index in [0.717, 1.165) is 49.1 Å². The fraction of sp³-hybridized carbons (Fsp3) is 0.318. The molecule has 1 aliphatic rings. The van der Waals surface area contributed by atoms with Crippen LogP contribution in [0.3, 0.4) is 0 Å². The van der Waals surface area contributed by atoms with Crippen LogP contribution in [0.2, 0.25) is 5.02 Å². The third-order valence-corrected chi connectivity index (χ3v) is 5.77. The maximum atomic E-state index is 12.7. The van der Waals surface area contributed by atoms with Crippen LogP contribution in [0.1, 0.15) is 28.9 Å². The quantitative estimate of drug-likeness (QED) is 0.677. The number of benzene rings is 2. The number of carbonyl (C=O) groups is 1. The topological polar surface area (TPSA) is 57.4 Å². The molecule has 2 aromatic carbocycles. The van der Waals surface area contributed by atoms with Gasteiger partial charge in [0.15, 0.2) is 0 Å². The van der Waals surface area contributed by atoms with Gasteiger partial charge in [0.25, 0.3) is 5.91 Å². The fourth-order valence-corrected chi connectivity index (χ4v) is 4.13. The van der Waals surface area contributed by atoms with Gasteiger partial charge in [-0.2, -0.15) is 0 Å². The van der Waals surface area contributed by atoms with Gasteiger partial charge < -0.3 is 15.0 Å². The average molecular weight is 398 g/mol. The number of carbonyl (C=O) groups excluding carboxylic acids is 1. The molecular weight excluding hydrogens is 374 g/mol. The summed E-state index contributed by atoms with van der Waals surface area (Å²) >= 11 is 6.40. The zero-order chi connectivity index (χ0) is 19.5. The molecule has 1 aromatic heterocycles. The van der Waals surface area contributed by atoms with E-state index in [-0.39, 0.29) is 11.9 Å². The number of rotatable bonds is 5. The predicted molar refractivity (Wildman–Crippen MR) is 112 cm³/mol. The van der Waals surface area contributed by atoms with Crippen molar-refractivity contribution >= 4 is 28.4 Å². The predicted octanol–water partition coefficient (Wildman–Crippen LogP) is 4.22. The summed E-state index contributed by atoms with van der Waals surface area (Å²) in [5.74, 6) is 0.788. The SMILES string of the molecule is COc1ccccc1CN1CCC(NC(=O)c2[nH]c3ccccc3c2Cl)CC1. The molecule has 1 amide bonds. The Bertz CT molecular complexity index is 977. The molecule has 146 valence electrons. The highest BCUT2D eigenvalue weighted by Gasteiger charge is 2.24. The first-order valence-corrected chi connectivity index (χ1v) is 9.95. The van der Waals surface area contributed by atoms with Gasteiger partial charge in [-0.15, -0.1) is 0 Å². The molecule has 2 N–H and O–H groups in total. The maximum Gasteiger partial charge on any atom is 0.269 e. The van der Waals surface area contributed by atoms with E-state index in [4.69, 9.17) is 16.3 Å². The van der Waals surface area contributed by atoms with Gasteiger partial charge >= 0.3 is 0 Å². The van der Waals surface area contributed by atoms with Gasteiger partial charge in [-0.25, -0.2) is 0 Å². The summed E-state index contributed by atoms with van der Waals surface area (Å²) in [5.41, 5.74) is 2.51. The van der Waals surface area contributed by atoms with Gasteiger partial charge in [-0.1, -0.05) is 48.0 Å².